The third-order valence-corrected chi connectivity index (χ3v) is 10.1. The van der Waals surface area contributed by atoms with Crippen molar-refractivity contribution in [2.24, 2.45) is 0 Å². The monoisotopic (exact) mass is 520 g/mol. The second-order valence-electron chi connectivity index (χ2n) is 12.3. The fourth-order valence-electron chi connectivity index (χ4n) is 8.28. The Hall–Kier alpha value is -2.41. The molecule has 1 N–H and O–H groups in total. The highest BCUT2D eigenvalue weighted by molar-refractivity contribution is 5.85. The van der Waals surface area contributed by atoms with Gasteiger partial charge in [0.25, 0.3) is 5.56 Å². The SMILES string of the molecule is COC(=O)C1(Nc2nc3ccccc3n(C3C[C@H]4CC[C@@H](C3)N4C3CCCCCCC3)c2=O)CCCCC1. The van der Waals surface area contributed by atoms with Crippen molar-refractivity contribution >= 4 is 22.8 Å². The standard InChI is InChI=1S/C31H44N4O3/c1-38-30(37)31(18-10-5-11-19-31)33-28-29(36)35(27-15-9-8-14-26(27)32-28)25-20-23-16-17-24(21-25)34(23)22-12-6-3-2-4-7-13-22/h8-9,14-15,22-25H,2-7,10-13,16-21H2,1H3,(H,32,33)/t23-,24+,25?. The number of para-hydroxylation sites is 2. The molecule has 38 heavy (non-hydrogen) atoms. The third kappa shape index (κ3) is 4.76. The molecule has 0 amide bonds. The van der Waals surface area contributed by atoms with Crippen molar-refractivity contribution in [1.29, 1.82) is 0 Å². The van der Waals surface area contributed by atoms with Crippen molar-refractivity contribution in [3.05, 3.63) is 34.6 Å². The molecule has 2 aliphatic heterocycles. The zero-order valence-corrected chi connectivity index (χ0v) is 23.0. The van der Waals surface area contributed by atoms with Crippen LogP contribution in [0.1, 0.15) is 109 Å². The number of methoxy groups -OCH3 is 1. The number of ether oxygens (including phenoxy) is 1. The molecule has 2 bridgehead atoms. The van der Waals surface area contributed by atoms with Gasteiger partial charge in [0.2, 0.25) is 0 Å². The summed E-state index contributed by atoms with van der Waals surface area (Å²) in [4.78, 5) is 34.8. The van der Waals surface area contributed by atoms with E-state index >= 15 is 0 Å². The largest absolute Gasteiger partial charge is 0.467 e. The van der Waals surface area contributed by atoms with Crippen LogP contribution in [0.5, 0.6) is 0 Å². The van der Waals surface area contributed by atoms with E-state index in [1.165, 1.54) is 64.9 Å². The van der Waals surface area contributed by atoms with E-state index in [0.717, 1.165) is 43.1 Å². The van der Waals surface area contributed by atoms with Gasteiger partial charge in [-0.3, -0.25) is 9.69 Å². The molecule has 206 valence electrons. The molecule has 3 heterocycles. The molecule has 1 aromatic carbocycles. The molecule has 1 unspecified atom stereocenters. The minimum Gasteiger partial charge on any atom is -0.467 e. The topological polar surface area (TPSA) is 76.5 Å². The summed E-state index contributed by atoms with van der Waals surface area (Å²) < 4.78 is 7.25. The Labute approximate surface area is 226 Å². The summed E-state index contributed by atoms with van der Waals surface area (Å²) in [6, 6.07) is 9.97. The third-order valence-electron chi connectivity index (χ3n) is 10.1. The van der Waals surface area contributed by atoms with E-state index in [1.807, 2.05) is 28.8 Å². The first-order chi connectivity index (χ1) is 18.6. The van der Waals surface area contributed by atoms with E-state index in [2.05, 4.69) is 10.2 Å². The number of hydrogen-bond donors (Lipinski definition) is 1. The summed E-state index contributed by atoms with van der Waals surface area (Å²) in [6.07, 6.45) is 18.3. The van der Waals surface area contributed by atoms with Crippen LogP contribution in [0.25, 0.3) is 11.0 Å². The maximum absolute atomic E-state index is 14.2. The van der Waals surface area contributed by atoms with Gasteiger partial charge in [0.1, 0.15) is 5.54 Å². The minimum atomic E-state index is -0.875. The van der Waals surface area contributed by atoms with Gasteiger partial charge in [-0.15, -0.1) is 0 Å². The van der Waals surface area contributed by atoms with Crippen LogP contribution in [0.15, 0.2) is 29.1 Å². The summed E-state index contributed by atoms with van der Waals surface area (Å²) in [5, 5.41) is 3.37. The Kier molecular flexibility index (Phi) is 7.48. The average Bonchev–Trinajstić information content (AvgIpc) is 3.17. The van der Waals surface area contributed by atoms with Crippen LogP contribution in [0, 0.1) is 0 Å². The number of anilines is 1. The Balaban J connectivity index is 1.33. The number of hydrogen-bond acceptors (Lipinski definition) is 6. The normalized spacial score (nSPS) is 28.5. The highest BCUT2D eigenvalue weighted by atomic mass is 16.5. The van der Waals surface area contributed by atoms with Crippen molar-refractivity contribution in [3.8, 4) is 0 Å². The summed E-state index contributed by atoms with van der Waals surface area (Å²) in [5.74, 6) is 0.00876. The van der Waals surface area contributed by atoms with Crippen LogP contribution in [0.4, 0.5) is 5.82 Å². The van der Waals surface area contributed by atoms with Crippen LogP contribution < -0.4 is 10.9 Å². The maximum atomic E-state index is 14.2. The van der Waals surface area contributed by atoms with Gasteiger partial charge in [0, 0.05) is 24.2 Å². The first-order valence-corrected chi connectivity index (χ1v) is 15.2. The van der Waals surface area contributed by atoms with Gasteiger partial charge >= 0.3 is 5.97 Å². The predicted molar refractivity (Wildman–Crippen MR) is 150 cm³/mol. The fraction of sp³-hybridized carbons (Fsp3) is 0.710. The summed E-state index contributed by atoms with van der Waals surface area (Å²) in [7, 11) is 1.44. The molecule has 0 radical (unpaired) electrons. The van der Waals surface area contributed by atoms with Gasteiger partial charge in [-0.25, -0.2) is 9.78 Å². The van der Waals surface area contributed by atoms with Gasteiger partial charge < -0.3 is 14.6 Å². The molecule has 4 fully saturated rings. The van der Waals surface area contributed by atoms with E-state index in [4.69, 9.17) is 9.72 Å². The second kappa shape index (κ2) is 11.0. The molecule has 3 atom stereocenters. The second-order valence-corrected chi connectivity index (χ2v) is 12.3. The van der Waals surface area contributed by atoms with Crippen LogP contribution in [0.2, 0.25) is 0 Å². The van der Waals surface area contributed by atoms with Gasteiger partial charge in [-0.1, -0.05) is 63.5 Å². The molecular formula is C31H44N4O3. The number of aromatic nitrogens is 2. The van der Waals surface area contributed by atoms with Crippen LogP contribution >= 0.6 is 0 Å². The highest BCUT2D eigenvalue weighted by Gasteiger charge is 2.45. The number of benzene rings is 1. The Morgan fingerprint density at radius 3 is 2.18 bits per heavy atom. The molecule has 2 aromatic rings. The Morgan fingerprint density at radius 2 is 1.50 bits per heavy atom. The quantitative estimate of drug-likeness (QED) is 0.490. The first kappa shape index (κ1) is 25.8. The summed E-state index contributed by atoms with van der Waals surface area (Å²) in [6.45, 7) is 0. The van der Waals surface area contributed by atoms with E-state index in [9.17, 15) is 9.59 Å². The number of nitrogens with one attached hydrogen (secondary N) is 1. The lowest BCUT2D eigenvalue weighted by atomic mass is 9.81. The molecule has 2 saturated carbocycles. The van der Waals surface area contributed by atoms with Crippen LogP contribution in [0.3, 0.4) is 0 Å². The lowest BCUT2D eigenvalue weighted by Gasteiger charge is -2.45. The Morgan fingerprint density at radius 1 is 0.868 bits per heavy atom. The molecule has 6 rings (SSSR count). The molecule has 0 spiro atoms. The van der Waals surface area contributed by atoms with Gasteiger partial charge in [0.05, 0.1) is 18.1 Å². The van der Waals surface area contributed by atoms with E-state index in [1.54, 1.807) is 0 Å². The number of nitrogens with zero attached hydrogens (tertiary/aromatic N) is 3. The minimum absolute atomic E-state index is 0.0960. The van der Waals surface area contributed by atoms with E-state index < -0.39 is 5.54 Å². The fourth-order valence-corrected chi connectivity index (χ4v) is 8.28. The molecule has 1 aromatic heterocycles. The van der Waals surface area contributed by atoms with E-state index in [-0.39, 0.29) is 17.6 Å². The van der Waals surface area contributed by atoms with Crippen molar-refractivity contribution < 1.29 is 9.53 Å². The smallest absolute Gasteiger partial charge is 0.331 e. The highest BCUT2D eigenvalue weighted by Crippen LogP contribution is 2.44. The van der Waals surface area contributed by atoms with Gasteiger partial charge in [-0.05, 0) is 63.5 Å². The summed E-state index contributed by atoms with van der Waals surface area (Å²) in [5.41, 5.74) is 0.740. The molecule has 2 saturated heterocycles. The average molecular weight is 521 g/mol. The molecule has 7 heteroatoms. The molecule has 4 aliphatic rings. The first-order valence-electron chi connectivity index (χ1n) is 15.2. The zero-order chi connectivity index (χ0) is 26.1. The van der Waals surface area contributed by atoms with Crippen molar-refractivity contribution in [2.75, 3.05) is 12.4 Å². The maximum Gasteiger partial charge on any atom is 0.331 e. The van der Waals surface area contributed by atoms with Crippen LogP contribution in [-0.2, 0) is 9.53 Å². The number of piperidine rings is 1. The number of carbonyl (C=O) groups is 1. The molecular weight excluding hydrogens is 476 g/mol. The summed E-state index contributed by atoms with van der Waals surface area (Å²) >= 11 is 0. The van der Waals surface area contributed by atoms with Crippen molar-refractivity contribution in [1.82, 2.24) is 14.5 Å². The number of esters is 1. The number of carbonyl (C=O) groups excluding carboxylic acids is 1. The number of fused-ring (bicyclic) bond motifs is 3. The lowest BCUT2D eigenvalue weighted by molar-refractivity contribution is -0.147. The molecule has 7 nitrogen and oxygen atoms in total. The van der Waals surface area contributed by atoms with E-state index in [0.29, 0.717) is 36.8 Å². The lowest BCUT2D eigenvalue weighted by Crippen LogP contribution is -2.51. The van der Waals surface area contributed by atoms with Crippen LogP contribution in [-0.4, -0.2) is 51.2 Å². The predicted octanol–water partition coefficient (Wildman–Crippen LogP) is 5.97. The number of rotatable bonds is 5. The van der Waals surface area contributed by atoms with Gasteiger partial charge in [-0.2, -0.15) is 0 Å². The zero-order valence-electron chi connectivity index (χ0n) is 23.0. The molecule has 2 aliphatic carbocycles. The van der Waals surface area contributed by atoms with Crippen molar-refractivity contribution in [2.45, 2.75) is 132 Å². The Bertz CT molecular complexity index is 1180. The van der Waals surface area contributed by atoms with Crippen molar-refractivity contribution in [3.63, 3.8) is 0 Å². The van der Waals surface area contributed by atoms with Gasteiger partial charge in [0.15, 0.2) is 5.82 Å².